The number of hydrogen-bond donors (Lipinski definition) is 1. The number of benzene rings is 2. The molecule has 0 spiro atoms. The number of amides is 1. The van der Waals surface area contributed by atoms with E-state index in [1.807, 2.05) is 6.92 Å². The van der Waals surface area contributed by atoms with Crippen molar-refractivity contribution in [1.29, 1.82) is 0 Å². The Bertz CT molecular complexity index is 909. The number of rotatable bonds is 9. The fourth-order valence-corrected chi connectivity index (χ4v) is 4.39. The zero-order valence-corrected chi connectivity index (χ0v) is 19.3. The summed E-state index contributed by atoms with van der Waals surface area (Å²) in [4.78, 5) is 15.9. The van der Waals surface area contributed by atoms with E-state index in [1.54, 1.807) is 9.80 Å². The lowest BCUT2D eigenvalue weighted by atomic mass is 10.1. The van der Waals surface area contributed by atoms with E-state index in [4.69, 9.17) is 4.74 Å². The van der Waals surface area contributed by atoms with Crippen LogP contribution >= 0.6 is 12.6 Å². The molecule has 0 radical (unpaired) electrons. The minimum absolute atomic E-state index is 0.0496. The van der Waals surface area contributed by atoms with E-state index in [9.17, 15) is 22.4 Å². The van der Waals surface area contributed by atoms with Crippen LogP contribution in [0.3, 0.4) is 0 Å². The van der Waals surface area contributed by atoms with Gasteiger partial charge in [0.2, 0.25) is 0 Å². The summed E-state index contributed by atoms with van der Waals surface area (Å²) in [7, 11) is 0. The zero-order chi connectivity index (χ0) is 24.0. The average Bonchev–Trinajstić information content (AvgIpc) is 3.13. The maximum absolute atomic E-state index is 14.3. The van der Waals surface area contributed by atoms with Crippen LogP contribution in [0.15, 0.2) is 36.4 Å². The highest BCUT2D eigenvalue weighted by Crippen LogP contribution is 2.26. The molecule has 2 aromatic rings. The van der Waals surface area contributed by atoms with Gasteiger partial charge in [-0.15, -0.1) is 0 Å². The summed E-state index contributed by atoms with van der Waals surface area (Å²) in [6.07, 6.45) is 1.73. The van der Waals surface area contributed by atoms with Crippen molar-refractivity contribution in [2.75, 3.05) is 19.7 Å². The highest BCUT2D eigenvalue weighted by atomic mass is 32.1. The van der Waals surface area contributed by atoms with Crippen molar-refractivity contribution < 1.29 is 27.1 Å². The second-order valence-corrected chi connectivity index (χ2v) is 9.04. The number of nitrogens with zero attached hydrogens (tertiary/aromatic N) is 2. The van der Waals surface area contributed by atoms with Gasteiger partial charge >= 0.3 is 6.09 Å². The van der Waals surface area contributed by atoms with Crippen molar-refractivity contribution in [2.45, 2.75) is 50.6 Å². The summed E-state index contributed by atoms with van der Waals surface area (Å²) in [5, 5.41) is -0.0765. The Kier molecular flexibility index (Phi) is 9.02. The van der Waals surface area contributed by atoms with Gasteiger partial charge in [-0.05, 0) is 49.2 Å². The molecule has 2 aromatic carbocycles. The first-order valence-corrected chi connectivity index (χ1v) is 11.5. The molecule has 1 fully saturated rings. The Balaban J connectivity index is 1.82. The number of thiol groups is 1. The summed E-state index contributed by atoms with van der Waals surface area (Å²) in [6, 6.07) is 5.94. The van der Waals surface area contributed by atoms with Crippen LogP contribution in [0.4, 0.5) is 22.4 Å². The third-order valence-corrected chi connectivity index (χ3v) is 6.00. The van der Waals surface area contributed by atoms with Gasteiger partial charge in [-0.1, -0.05) is 13.3 Å². The summed E-state index contributed by atoms with van der Waals surface area (Å²) in [5.41, 5.74) is 0.175. The minimum Gasteiger partial charge on any atom is -0.449 e. The van der Waals surface area contributed by atoms with Crippen LogP contribution in [0.1, 0.15) is 37.3 Å². The second-order valence-electron chi connectivity index (χ2n) is 8.30. The summed E-state index contributed by atoms with van der Waals surface area (Å²) >= 11 is 4.51. The summed E-state index contributed by atoms with van der Waals surface area (Å²) in [6.45, 7) is 2.81. The van der Waals surface area contributed by atoms with Gasteiger partial charge in [0.15, 0.2) is 0 Å². The maximum Gasteiger partial charge on any atom is 0.410 e. The average molecular weight is 485 g/mol. The van der Waals surface area contributed by atoms with Gasteiger partial charge in [-0.25, -0.2) is 22.4 Å². The number of ether oxygens (including phenoxy) is 1. The van der Waals surface area contributed by atoms with Gasteiger partial charge in [0.25, 0.3) is 0 Å². The van der Waals surface area contributed by atoms with Crippen molar-refractivity contribution in [1.82, 2.24) is 9.80 Å². The van der Waals surface area contributed by atoms with Crippen molar-refractivity contribution in [3.63, 3.8) is 0 Å². The normalized spacial score (nSPS) is 18.2. The van der Waals surface area contributed by atoms with Crippen LogP contribution in [-0.2, 0) is 17.8 Å². The van der Waals surface area contributed by atoms with Gasteiger partial charge < -0.3 is 9.64 Å². The third kappa shape index (κ3) is 7.11. The summed E-state index contributed by atoms with van der Waals surface area (Å²) < 4.78 is 61.5. The number of carbonyl (C=O) groups is 1. The van der Waals surface area contributed by atoms with E-state index in [0.717, 1.165) is 49.2 Å². The molecule has 1 aliphatic rings. The lowest BCUT2D eigenvalue weighted by Gasteiger charge is -2.30. The molecule has 2 atom stereocenters. The van der Waals surface area contributed by atoms with Crippen LogP contribution in [0.5, 0.6) is 0 Å². The predicted molar refractivity (Wildman–Crippen MR) is 121 cm³/mol. The Labute approximate surface area is 196 Å². The van der Waals surface area contributed by atoms with E-state index >= 15 is 0 Å². The predicted octanol–water partition coefficient (Wildman–Crippen LogP) is 5.55. The van der Waals surface area contributed by atoms with Crippen molar-refractivity contribution in [2.24, 2.45) is 0 Å². The molecule has 4 nitrogen and oxygen atoms in total. The van der Waals surface area contributed by atoms with Gasteiger partial charge in [0, 0.05) is 48.6 Å². The molecule has 1 heterocycles. The molecule has 0 bridgehead atoms. The summed E-state index contributed by atoms with van der Waals surface area (Å²) in [5.74, 6) is -2.40. The smallest absolute Gasteiger partial charge is 0.410 e. The molecular formula is C24H28F4N2O2S. The molecule has 2 unspecified atom stereocenters. The van der Waals surface area contributed by atoms with Gasteiger partial charge in [-0.3, -0.25) is 4.90 Å². The largest absolute Gasteiger partial charge is 0.449 e. The highest BCUT2D eigenvalue weighted by molar-refractivity contribution is 7.81. The first-order chi connectivity index (χ1) is 15.8. The molecule has 0 aliphatic carbocycles. The van der Waals surface area contributed by atoms with E-state index < -0.39 is 29.4 Å². The topological polar surface area (TPSA) is 32.8 Å². The van der Waals surface area contributed by atoms with Gasteiger partial charge in [-0.2, -0.15) is 12.6 Å². The van der Waals surface area contributed by atoms with Crippen LogP contribution in [-0.4, -0.2) is 46.9 Å². The molecule has 1 saturated heterocycles. The van der Waals surface area contributed by atoms with Crippen molar-refractivity contribution in [3.8, 4) is 0 Å². The van der Waals surface area contributed by atoms with Crippen LogP contribution in [0, 0.1) is 23.3 Å². The zero-order valence-electron chi connectivity index (χ0n) is 18.4. The molecule has 1 aliphatic heterocycles. The fourth-order valence-electron chi connectivity index (χ4n) is 3.97. The Morgan fingerprint density at radius 3 is 2.18 bits per heavy atom. The van der Waals surface area contributed by atoms with E-state index in [-0.39, 0.29) is 42.1 Å². The number of halogens is 4. The third-order valence-electron chi connectivity index (χ3n) is 5.62. The first kappa shape index (κ1) is 25.4. The maximum atomic E-state index is 14.3. The van der Waals surface area contributed by atoms with Crippen molar-refractivity contribution >= 4 is 18.7 Å². The quantitative estimate of drug-likeness (QED) is 0.288. The van der Waals surface area contributed by atoms with E-state index in [0.29, 0.717) is 19.6 Å². The number of likely N-dealkylation sites (tertiary alicyclic amines) is 1. The molecule has 1 amide bonds. The number of hydrogen-bond acceptors (Lipinski definition) is 4. The van der Waals surface area contributed by atoms with Crippen LogP contribution < -0.4 is 0 Å². The lowest BCUT2D eigenvalue weighted by Crippen LogP contribution is -2.43. The number of carbonyl (C=O) groups excluding carboxylic acids is 1. The fraction of sp³-hybridized carbons (Fsp3) is 0.458. The molecule has 0 saturated carbocycles. The molecule has 3 rings (SSSR count). The van der Waals surface area contributed by atoms with Crippen LogP contribution in [0.25, 0.3) is 0 Å². The SMILES string of the molecule is CCCCOC(=O)N1CC(S)CC1CN(Cc1cc(F)ccc1F)Cc1cc(F)ccc1F. The molecule has 0 aromatic heterocycles. The molecule has 0 N–H and O–H groups in total. The highest BCUT2D eigenvalue weighted by Gasteiger charge is 2.36. The monoisotopic (exact) mass is 484 g/mol. The van der Waals surface area contributed by atoms with Gasteiger partial charge in [0.05, 0.1) is 6.61 Å². The number of unbranched alkanes of at least 4 members (excludes halogenated alkanes) is 1. The Hall–Kier alpha value is -2.26. The van der Waals surface area contributed by atoms with Crippen molar-refractivity contribution in [3.05, 3.63) is 70.8 Å². The minimum atomic E-state index is -0.601. The molecule has 33 heavy (non-hydrogen) atoms. The molecular weight excluding hydrogens is 456 g/mol. The standard InChI is InChI=1S/C24H28F4N2O2S/c1-2-3-8-32-24(31)30-15-21(33)11-20(30)14-29(12-16-9-18(25)4-6-22(16)27)13-17-10-19(26)5-7-23(17)28/h4-7,9-10,20-21,33H,2-3,8,11-15H2,1H3. The molecule has 9 heteroatoms. The Morgan fingerprint density at radius 1 is 1.06 bits per heavy atom. The van der Waals surface area contributed by atoms with E-state index in [2.05, 4.69) is 12.6 Å². The first-order valence-electron chi connectivity index (χ1n) is 11.0. The lowest BCUT2D eigenvalue weighted by molar-refractivity contribution is 0.0862. The van der Waals surface area contributed by atoms with E-state index in [1.165, 1.54) is 0 Å². The molecule has 180 valence electrons. The Morgan fingerprint density at radius 2 is 1.64 bits per heavy atom. The van der Waals surface area contributed by atoms with Gasteiger partial charge in [0.1, 0.15) is 23.3 Å². The van der Waals surface area contributed by atoms with Crippen LogP contribution in [0.2, 0.25) is 0 Å². The second kappa shape index (κ2) is 11.7.